The van der Waals surface area contributed by atoms with Crippen molar-refractivity contribution < 1.29 is 17.6 Å². The van der Waals surface area contributed by atoms with E-state index in [1.54, 1.807) is 12.1 Å². The second-order valence-corrected chi connectivity index (χ2v) is 6.99. The summed E-state index contributed by atoms with van der Waals surface area (Å²) < 4.78 is 39.9. The van der Waals surface area contributed by atoms with Crippen molar-refractivity contribution in [2.75, 3.05) is 10.0 Å². The number of benzene rings is 2. The van der Waals surface area contributed by atoms with Crippen LogP contribution in [0.4, 0.5) is 15.9 Å². The van der Waals surface area contributed by atoms with Gasteiger partial charge in [0.2, 0.25) is 0 Å². The SMILES string of the molecule is O=C(Nc1ccc(S(=O)(=O)Nc2ccccn2)cc1)c1ccc(F)cc1. The molecule has 3 aromatic rings. The van der Waals surface area contributed by atoms with E-state index in [9.17, 15) is 17.6 Å². The molecule has 0 saturated heterocycles. The zero-order valence-corrected chi connectivity index (χ0v) is 14.2. The molecule has 26 heavy (non-hydrogen) atoms. The van der Waals surface area contributed by atoms with Crippen LogP contribution < -0.4 is 10.0 Å². The molecule has 6 nitrogen and oxygen atoms in total. The van der Waals surface area contributed by atoms with Crippen molar-refractivity contribution >= 4 is 27.4 Å². The smallest absolute Gasteiger partial charge is 0.263 e. The minimum atomic E-state index is -3.78. The van der Waals surface area contributed by atoms with E-state index in [-0.39, 0.29) is 10.7 Å². The van der Waals surface area contributed by atoms with Crippen molar-refractivity contribution in [2.24, 2.45) is 0 Å². The molecule has 3 rings (SSSR count). The molecule has 0 saturated carbocycles. The summed E-state index contributed by atoms with van der Waals surface area (Å²) >= 11 is 0. The average molecular weight is 371 g/mol. The van der Waals surface area contributed by atoms with E-state index in [0.717, 1.165) is 0 Å². The highest BCUT2D eigenvalue weighted by atomic mass is 32.2. The predicted molar refractivity (Wildman–Crippen MR) is 95.8 cm³/mol. The normalized spacial score (nSPS) is 11.0. The third-order valence-corrected chi connectivity index (χ3v) is 4.80. The van der Waals surface area contributed by atoms with Crippen LogP contribution in [-0.2, 0) is 10.0 Å². The molecule has 0 radical (unpaired) electrons. The molecule has 1 heterocycles. The second-order valence-electron chi connectivity index (χ2n) is 5.31. The molecule has 0 aliphatic carbocycles. The van der Waals surface area contributed by atoms with Gasteiger partial charge in [0, 0.05) is 17.4 Å². The third kappa shape index (κ3) is 4.22. The number of hydrogen-bond acceptors (Lipinski definition) is 4. The number of hydrogen-bond donors (Lipinski definition) is 2. The van der Waals surface area contributed by atoms with E-state index in [1.807, 2.05) is 0 Å². The molecule has 0 aliphatic rings. The van der Waals surface area contributed by atoms with E-state index in [0.29, 0.717) is 11.3 Å². The highest BCUT2D eigenvalue weighted by molar-refractivity contribution is 7.92. The third-order valence-electron chi connectivity index (χ3n) is 3.43. The molecule has 2 N–H and O–H groups in total. The zero-order valence-electron chi connectivity index (χ0n) is 13.4. The molecule has 0 bridgehead atoms. The molecule has 0 atom stereocenters. The number of amides is 1. The Hall–Kier alpha value is -3.26. The van der Waals surface area contributed by atoms with Crippen molar-refractivity contribution in [1.82, 2.24) is 4.98 Å². The predicted octanol–water partition coefficient (Wildman–Crippen LogP) is 3.27. The molecule has 1 aromatic heterocycles. The number of rotatable bonds is 5. The maximum Gasteiger partial charge on any atom is 0.263 e. The van der Waals surface area contributed by atoms with E-state index in [4.69, 9.17) is 0 Å². The summed E-state index contributed by atoms with van der Waals surface area (Å²) in [6.07, 6.45) is 1.48. The van der Waals surface area contributed by atoms with Gasteiger partial charge in [0.15, 0.2) is 0 Å². The van der Waals surface area contributed by atoms with Crippen LogP contribution in [0.15, 0.2) is 77.8 Å². The molecule has 0 aliphatic heterocycles. The van der Waals surface area contributed by atoms with Gasteiger partial charge in [-0.15, -0.1) is 0 Å². The van der Waals surface area contributed by atoms with Crippen LogP contribution in [0.25, 0.3) is 0 Å². The van der Waals surface area contributed by atoms with Crippen molar-refractivity contribution in [3.05, 3.63) is 84.3 Å². The van der Waals surface area contributed by atoms with E-state index in [2.05, 4.69) is 15.0 Å². The fourth-order valence-corrected chi connectivity index (χ4v) is 3.15. The number of carbonyl (C=O) groups excluding carboxylic acids is 1. The molecular formula is C18H14FN3O3S. The first-order valence-electron chi connectivity index (χ1n) is 7.55. The average Bonchev–Trinajstić information content (AvgIpc) is 2.63. The topological polar surface area (TPSA) is 88.2 Å². The van der Waals surface area contributed by atoms with E-state index in [1.165, 1.54) is 60.8 Å². The number of aromatic nitrogens is 1. The van der Waals surface area contributed by atoms with Gasteiger partial charge in [-0.05, 0) is 60.7 Å². The maximum absolute atomic E-state index is 12.9. The molecule has 1 amide bonds. The Morgan fingerprint density at radius 2 is 1.62 bits per heavy atom. The summed E-state index contributed by atoms with van der Waals surface area (Å²) in [5, 5.41) is 2.62. The summed E-state index contributed by atoms with van der Waals surface area (Å²) in [7, 11) is -3.78. The van der Waals surface area contributed by atoms with Crippen molar-refractivity contribution in [1.29, 1.82) is 0 Å². The van der Waals surface area contributed by atoms with E-state index >= 15 is 0 Å². The number of carbonyl (C=O) groups is 1. The van der Waals surface area contributed by atoms with Crippen LogP contribution in [0.3, 0.4) is 0 Å². The Kier molecular flexibility index (Phi) is 4.94. The van der Waals surface area contributed by atoms with Gasteiger partial charge in [0.1, 0.15) is 11.6 Å². The van der Waals surface area contributed by atoms with Gasteiger partial charge in [0.05, 0.1) is 4.90 Å². The molecule has 0 unspecified atom stereocenters. The first-order valence-corrected chi connectivity index (χ1v) is 9.03. The molecule has 2 aromatic carbocycles. The molecule has 0 spiro atoms. The molecule has 0 fully saturated rings. The molecule has 132 valence electrons. The fraction of sp³-hybridized carbons (Fsp3) is 0. The van der Waals surface area contributed by atoms with Gasteiger partial charge in [-0.25, -0.2) is 17.8 Å². The molecule has 8 heteroatoms. The number of pyridine rings is 1. The van der Waals surface area contributed by atoms with Crippen molar-refractivity contribution in [3.8, 4) is 0 Å². The van der Waals surface area contributed by atoms with E-state index < -0.39 is 21.7 Å². The summed E-state index contributed by atoms with van der Waals surface area (Å²) in [6.45, 7) is 0. The summed E-state index contributed by atoms with van der Waals surface area (Å²) in [4.78, 5) is 16.0. The summed E-state index contributed by atoms with van der Waals surface area (Å²) in [5.74, 6) is -0.648. The number of nitrogens with zero attached hydrogens (tertiary/aromatic N) is 1. The van der Waals surface area contributed by atoms with Crippen molar-refractivity contribution in [3.63, 3.8) is 0 Å². The Bertz CT molecular complexity index is 1010. The second kappa shape index (κ2) is 7.32. The lowest BCUT2D eigenvalue weighted by Crippen LogP contribution is -2.14. The van der Waals surface area contributed by atoms with Gasteiger partial charge < -0.3 is 5.32 Å². The minimum Gasteiger partial charge on any atom is -0.322 e. The quantitative estimate of drug-likeness (QED) is 0.720. The van der Waals surface area contributed by atoms with Crippen LogP contribution in [0.2, 0.25) is 0 Å². The van der Waals surface area contributed by atoms with Crippen LogP contribution >= 0.6 is 0 Å². The van der Waals surface area contributed by atoms with Gasteiger partial charge in [0.25, 0.3) is 15.9 Å². The highest BCUT2D eigenvalue weighted by Crippen LogP contribution is 2.17. The van der Waals surface area contributed by atoms with Gasteiger partial charge in [-0.3, -0.25) is 9.52 Å². The number of nitrogens with one attached hydrogen (secondary N) is 2. The zero-order chi connectivity index (χ0) is 18.6. The Morgan fingerprint density at radius 1 is 0.923 bits per heavy atom. The Morgan fingerprint density at radius 3 is 2.23 bits per heavy atom. The van der Waals surface area contributed by atoms with Gasteiger partial charge in [-0.2, -0.15) is 0 Å². The lowest BCUT2D eigenvalue weighted by molar-refractivity contribution is 0.102. The first-order chi connectivity index (χ1) is 12.4. The number of halogens is 1. The monoisotopic (exact) mass is 371 g/mol. The van der Waals surface area contributed by atoms with Crippen LogP contribution in [0.5, 0.6) is 0 Å². The number of sulfonamides is 1. The van der Waals surface area contributed by atoms with Gasteiger partial charge in [-0.1, -0.05) is 6.07 Å². The van der Waals surface area contributed by atoms with Crippen LogP contribution in [-0.4, -0.2) is 19.3 Å². The minimum absolute atomic E-state index is 0.0305. The first kappa shape index (κ1) is 17.6. The van der Waals surface area contributed by atoms with Gasteiger partial charge >= 0.3 is 0 Å². The standard InChI is InChI=1S/C18H14FN3O3S/c19-14-6-4-13(5-7-14)18(23)21-15-8-10-16(11-9-15)26(24,25)22-17-3-1-2-12-20-17/h1-12H,(H,20,22)(H,21,23). The lowest BCUT2D eigenvalue weighted by Gasteiger charge is -2.09. The lowest BCUT2D eigenvalue weighted by atomic mass is 10.2. The highest BCUT2D eigenvalue weighted by Gasteiger charge is 2.15. The summed E-state index contributed by atoms with van der Waals surface area (Å²) in [6, 6.07) is 15.6. The summed E-state index contributed by atoms with van der Waals surface area (Å²) in [5.41, 5.74) is 0.705. The Balaban J connectivity index is 1.71. The fourth-order valence-electron chi connectivity index (χ4n) is 2.14. The maximum atomic E-state index is 12.9. The van der Waals surface area contributed by atoms with Crippen LogP contribution in [0.1, 0.15) is 10.4 Å². The largest absolute Gasteiger partial charge is 0.322 e. The van der Waals surface area contributed by atoms with Crippen molar-refractivity contribution in [2.45, 2.75) is 4.90 Å². The number of anilines is 2. The Labute approximate surface area is 149 Å². The van der Waals surface area contributed by atoms with Crippen LogP contribution in [0, 0.1) is 5.82 Å². The molecular weight excluding hydrogens is 357 g/mol.